The number of hydrogen-bond donors (Lipinski definition) is 1. The third kappa shape index (κ3) is 2.52. The number of rotatable bonds is 3. The van der Waals surface area contributed by atoms with Gasteiger partial charge in [-0.05, 0) is 36.6 Å². The summed E-state index contributed by atoms with van der Waals surface area (Å²) < 4.78 is 0. The summed E-state index contributed by atoms with van der Waals surface area (Å²) in [6, 6.07) is 7.96. The Morgan fingerprint density at radius 1 is 1.44 bits per heavy atom. The van der Waals surface area contributed by atoms with E-state index >= 15 is 0 Å². The van der Waals surface area contributed by atoms with Gasteiger partial charge in [0.1, 0.15) is 0 Å². The van der Waals surface area contributed by atoms with Crippen LogP contribution in [0.5, 0.6) is 0 Å². The van der Waals surface area contributed by atoms with E-state index in [0.717, 1.165) is 18.5 Å². The van der Waals surface area contributed by atoms with Gasteiger partial charge >= 0.3 is 0 Å². The molecule has 0 radical (unpaired) electrons. The van der Waals surface area contributed by atoms with Crippen LogP contribution in [0.2, 0.25) is 0 Å². The fourth-order valence-corrected chi connectivity index (χ4v) is 2.87. The highest BCUT2D eigenvalue weighted by molar-refractivity contribution is 7.15. The van der Waals surface area contributed by atoms with Crippen LogP contribution in [-0.4, -0.2) is 4.98 Å². The lowest BCUT2D eigenvalue weighted by Gasteiger charge is -2.05. The van der Waals surface area contributed by atoms with E-state index in [2.05, 4.69) is 24.9 Å². The zero-order chi connectivity index (χ0) is 13.1. The standard InChI is InChI=1S/C14H15N3S/c1-3-12-13(18-14(16)17-12)7-11-6-10(8-15)5-4-9(11)2/h4-6H,3,7H2,1-2H3,(H2,16,17). The van der Waals surface area contributed by atoms with Crippen molar-refractivity contribution >= 4 is 16.5 Å². The maximum atomic E-state index is 8.94. The molecule has 0 fully saturated rings. The molecule has 0 aliphatic rings. The molecule has 4 heteroatoms. The van der Waals surface area contributed by atoms with Gasteiger partial charge in [-0.3, -0.25) is 0 Å². The predicted molar refractivity (Wildman–Crippen MR) is 74.6 cm³/mol. The largest absolute Gasteiger partial charge is 0.375 e. The van der Waals surface area contributed by atoms with Crippen LogP contribution in [-0.2, 0) is 12.8 Å². The van der Waals surface area contributed by atoms with Crippen molar-refractivity contribution in [3.63, 3.8) is 0 Å². The highest BCUT2D eigenvalue weighted by atomic mass is 32.1. The van der Waals surface area contributed by atoms with Gasteiger partial charge in [0.15, 0.2) is 5.13 Å². The Morgan fingerprint density at radius 3 is 2.89 bits per heavy atom. The van der Waals surface area contributed by atoms with Crippen molar-refractivity contribution in [2.24, 2.45) is 0 Å². The van der Waals surface area contributed by atoms with Crippen molar-refractivity contribution in [1.29, 1.82) is 5.26 Å². The van der Waals surface area contributed by atoms with Crippen molar-refractivity contribution in [2.75, 3.05) is 5.73 Å². The second kappa shape index (κ2) is 5.19. The van der Waals surface area contributed by atoms with Crippen LogP contribution in [0, 0.1) is 18.3 Å². The molecule has 0 bridgehead atoms. The number of nitriles is 1. The summed E-state index contributed by atoms with van der Waals surface area (Å²) in [6.45, 7) is 4.14. The summed E-state index contributed by atoms with van der Waals surface area (Å²) >= 11 is 1.54. The van der Waals surface area contributed by atoms with Crippen molar-refractivity contribution in [3.8, 4) is 6.07 Å². The van der Waals surface area contributed by atoms with E-state index in [1.54, 1.807) is 0 Å². The molecule has 0 unspecified atom stereocenters. The van der Waals surface area contributed by atoms with Crippen LogP contribution in [0.3, 0.4) is 0 Å². The van der Waals surface area contributed by atoms with Crippen LogP contribution in [0.4, 0.5) is 5.13 Å². The fourth-order valence-electron chi connectivity index (χ4n) is 1.92. The molecule has 0 saturated carbocycles. The molecule has 3 nitrogen and oxygen atoms in total. The average molecular weight is 257 g/mol. The lowest BCUT2D eigenvalue weighted by atomic mass is 10.0. The van der Waals surface area contributed by atoms with Gasteiger partial charge in [0, 0.05) is 11.3 Å². The van der Waals surface area contributed by atoms with E-state index in [4.69, 9.17) is 11.0 Å². The minimum Gasteiger partial charge on any atom is -0.375 e. The Balaban J connectivity index is 2.36. The molecule has 92 valence electrons. The van der Waals surface area contributed by atoms with E-state index in [1.807, 2.05) is 18.2 Å². The smallest absolute Gasteiger partial charge is 0.180 e. The quantitative estimate of drug-likeness (QED) is 0.919. The first kappa shape index (κ1) is 12.6. The number of nitrogens with zero attached hydrogens (tertiary/aromatic N) is 2. The second-order valence-electron chi connectivity index (χ2n) is 4.21. The van der Waals surface area contributed by atoms with Crippen LogP contribution < -0.4 is 5.73 Å². The second-order valence-corrected chi connectivity index (χ2v) is 5.32. The molecule has 2 N–H and O–H groups in total. The van der Waals surface area contributed by atoms with Gasteiger partial charge in [-0.15, -0.1) is 11.3 Å². The first-order valence-electron chi connectivity index (χ1n) is 5.87. The van der Waals surface area contributed by atoms with Gasteiger partial charge in [-0.25, -0.2) is 4.98 Å². The summed E-state index contributed by atoms with van der Waals surface area (Å²) in [5, 5.41) is 9.57. The Kier molecular flexibility index (Phi) is 3.63. The van der Waals surface area contributed by atoms with E-state index in [0.29, 0.717) is 10.7 Å². The Hall–Kier alpha value is -1.86. The normalized spacial score (nSPS) is 10.3. The van der Waals surface area contributed by atoms with Crippen LogP contribution in [0.25, 0.3) is 0 Å². The van der Waals surface area contributed by atoms with E-state index in [1.165, 1.54) is 27.3 Å². The minimum atomic E-state index is 0.621. The van der Waals surface area contributed by atoms with Crippen LogP contribution in [0.1, 0.15) is 34.2 Å². The maximum Gasteiger partial charge on any atom is 0.180 e. The molecule has 1 aromatic heterocycles. The zero-order valence-electron chi connectivity index (χ0n) is 10.5. The zero-order valence-corrected chi connectivity index (χ0v) is 11.3. The predicted octanol–water partition coefficient (Wildman–Crippen LogP) is 3.06. The number of aryl methyl sites for hydroxylation is 2. The highest BCUT2D eigenvalue weighted by Gasteiger charge is 2.10. The van der Waals surface area contributed by atoms with Crippen LogP contribution in [0.15, 0.2) is 18.2 Å². The first-order chi connectivity index (χ1) is 8.63. The third-order valence-corrected chi connectivity index (χ3v) is 3.89. The highest BCUT2D eigenvalue weighted by Crippen LogP contribution is 2.25. The van der Waals surface area contributed by atoms with Gasteiger partial charge in [0.05, 0.1) is 17.3 Å². The van der Waals surface area contributed by atoms with Crippen molar-refractivity contribution in [2.45, 2.75) is 26.7 Å². The monoisotopic (exact) mass is 257 g/mol. The number of benzene rings is 1. The average Bonchev–Trinajstić information content (AvgIpc) is 2.72. The number of thiazole rings is 1. The van der Waals surface area contributed by atoms with Crippen molar-refractivity contribution < 1.29 is 0 Å². The summed E-state index contributed by atoms with van der Waals surface area (Å²) in [5.41, 5.74) is 9.90. The van der Waals surface area contributed by atoms with Crippen LogP contribution >= 0.6 is 11.3 Å². The van der Waals surface area contributed by atoms with Gasteiger partial charge in [-0.2, -0.15) is 5.26 Å². The fraction of sp³-hybridized carbons (Fsp3) is 0.286. The molecule has 0 aliphatic carbocycles. The molecule has 2 aromatic rings. The lowest BCUT2D eigenvalue weighted by molar-refractivity contribution is 1.02. The Morgan fingerprint density at radius 2 is 2.22 bits per heavy atom. The third-order valence-electron chi connectivity index (χ3n) is 2.96. The minimum absolute atomic E-state index is 0.621. The summed E-state index contributed by atoms with van der Waals surface area (Å²) in [5.74, 6) is 0. The molecule has 18 heavy (non-hydrogen) atoms. The summed E-state index contributed by atoms with van der Waals surface area (Å²) in [4.78, 5) is 5.53. The molecular weight excluding hydrogens is 242 g/mol. The Labute approximate surface area is 111 Å². The molecule has 2 rings (SSSR count). The van der Waals surface area contributed by atoms with E-state index in [9.17, 15) is 0 Å². The molecule has 0 spiro atoms. The van der Waals surface area contributed by atoms with E-state index < -0.39 is 0 Å². The molecule has 0 aliphatic heterocycles. The summed E-state index contributed by atoms with van der Waals surface area (Å²) in [7, 11) is 0. The number of hydrogen-bond acceptors (Lipinski definition) is 4. The molecular formula is C14H15N3S. The molecule has 0 atom stereocenters. The first-order valence-corrected chi connectivity index (χ1v) is 6.69. The molecule has 0 saturated heterocycles. The van der Waals surface area contributed by atoms with Gasteiger partial charge in [0.25, 0.3) is 0 Å². The topological polar surface area (TPSA) is 62.7 Å². The lowest BCUT2D eigenvalue weighted by Crippen LogP contribution is -1.94. The Bertz CT molecular complexity index is 608. The summed E-state index contributed by atoms with van der Waals surface area (Å²) in [6.07, 6.45) is 1.69. The van der Waals surface area contributed by atoms with Gasteiger partial charge < -0.3 is 5.73 Å². The van der Waals surface area contributed by atoms with E-state index in [-0.39, 0.29) is 0 Å². The number of aromatic nitrogens is 1. The SMILES string of the molecule is CCc1nc(N)sc1Cc1cc(C#N)ccc1C. The molecule has 0 amide bonds. The molecule has 1 heterocycles. The van der Waals surface area contributed by atoms with Crippen molar-refractivity contribution in [1.82, 2.24) is 4.98 Å². The number of nitrogen functional groups attached to an aromatic ring is 1. The molecule has 1 aromatic carbocycles. The maximum absolute atomic E-state index is 8.94. The number of anilines is 1. The van der Waals surface area contributed by atoms with Gasteiger partial charge in [-0.1, -0.05) is 13.0 Å². The number of nitrogens with two attached hydrogens (primary N) is 1. The van der Waals surface area contributed by atoms with Gasteiger partial charge in [0.2, 0.25) is 0 Å². The van der Waals surface area contributed by atoms with Crippen molar-refractivity contribution in [3.05, 3.63) is 45.5 Å².